The van der Waals surface area contributed by atoms with Crippen molar-refractivity contribution in [1.29, 1.82) is 0 Å². The van der Waals surface area contributed by atoms with Gasteiger partial charge in [-0.2, -0.15) is 5.10 Å². The molecule has 37 heavy (non-hydrogen) atoms. The fraction of sp³-hybridized carbons (Fsp3) is 0.0667. The van der Waals surface area contributed by atoms with E-state index in [0.29, 0.717) is 5.02 Å². The van der Waals surface area contributed by atoms with Gasteiger partial charge in [0.15, 0.2) is 0 Å². The van der Waals surface area contributed by atoms with Crippen molar-refractivity contribution in [1.82, 2.24) is 4.98 Å². The minimum absolute atomic E-state index is 0.401. The van der Waals surface area contributed by atoms with Crippen molar-refractivity contribution in [2.45, 2.75) is 16.0 Å². The van der Waals surface area contributed by atoms with Gasteiger partial charge >= 0.3 is 0 Å². The Bertz CT molecular complexity index is 1620. The van der Waals surface area contributed by atoms with Gasteiger partial charge in [-0.1, -0.05) is 59.8 Å². The first kappa shape index (κ1) is 23.6. The normalized spacial score (nSPS) is 14.8. The lowest BCUT2D eigenvalue weighted by atomic mass is 9.94. The zero-order valence-corrected chi connectivity index (χ0v) is 21.6. The summed E-state index contributed by atoms with van der Waals surface area (Å²) in [6.45, 7) is 0. The molecule has 4 aromatic carbocycles. The van der Waals surface area contributed by atoms with Crippen LogP contribution in [0.2, 0.25) is 5.02 Å². The van der Waals surface area contributed by atoms with Crippen LogP contribution in [0.15, 0.2) is 118 Å². The van der Waals surface area contributed by atoms with Crippen LogP contribution in [0.1, 0.15) is 22.9 Å². The lowest BCUT2D eigenvalue weighted by molar-refractivity contribution is 0.415. The number of rotatable bonds is 5. The Labute approximate surface area is 224 Å². The van der Waals surface area contributed by atoms with Crippen LogP contribution in [-0.2, 0) is 0 Å². The van der Waals surface area contributed by atoms with E-state index in [4.69, 9.17) is 27.2 Å². The number of halogens is 1. The molecular formula is C30H23ClN4OS. The van der Waals surface area contributed by atoms with E-state index < -0.39 is 6.17 Å². The summed E-state index contributed by atoms with van der Waals surface area (Å²) in [6.07, 6.45) is 1.44. The van der Waals surface area contributed by atoms with E-state index in [9.17, 15) is 0 Å². The van der Waals surface area contributed by atoms with Gasteiger partial charge in [-0.3, -0.25) is 4.98 Å². The van der Waals surface area contributed by atoms with Crippen LogP contribution in [0, 0.1) is 0 Å². The molecule has 1 aliphatic heterocycles. The van der Waals surface area contributed by atoms with Gasteiger partial charge in [-0.15, -0.1) is 0 Å². The quantitative estimate of drug-likeness (QED) is 0.263. The van der Waals surface area contributed by atoms with Gasteiger partial charge in [-0.05, 0) is 60.7 Å². The second-order valence-corrected chi connectivity index (χ2v) is 10.2. The highest BCUT2D eigenvalue weighted by Crippen LogP contribution is 2.37. The maximum absolute atomic E-state index is 6.71. The Morgan fingerprint density at radius 1 is 0.919 bits per heavy atom. The van der Waals surface area contributed by atoms with Gasteiger partial charge in [0.05, 0.1) is 24.0 Å². The van der Waals surface area contributed by atoms with Crippen LogP contribution in [-0.4, -0.2) is 17.8 Å². The minimum Gasteiger partial charge on any atom is -0.497 e. The van der Waals surface area contributed by atoms with E-state index in [2.05, 4.69) is 41.4 Å². The van der Waals surface area contributed by atoms with Crippen LogP contribution in [0.3, 0.4) is 0 Å². The number of hydrogen-bond acceptors (Lipinski definition) is 6. The number of pyridine rings is 1. The van der Waals surface area contributed by atoms with Gasteiger partial charge in [0.25, 0.3) is 0 Å². The van der Waals surface area contributed by atoms with Crippen molar-refractivity contribution in [2.75, 3.05) is 12.1 Å². The third-order valence-corrected chi connectivity index (χ3v) is 7.70. The van der Waals surface area contributed by atoms with Crippen molar-refractivity contribution in [2.24, 2.45) is 10.8 Å². The Hall–Kier alpha value is -3.84. The van der Waals surface area contributed by atoms with E-state index in [1.54, 1.807) is 18.9 Å². The Morgan fingerprint density at radius 2 is 1.70 bits per heavy atom. The SMILES string of the molecule is COc1ccc2nccc(Sc3ccc(N4N=C(c5ccc(Cl)cc5)c5ccccc5C4N)cc3)c2c1. The first-order chi connectivity index (χ1) is 18.1. The Morgan fingerprint density at radius 3 is 2.49 bits per heavy atom. The molecule has 0 fully saturated rings. The number of nitrogens with zero attached hydrogens (tertiary/aromatic N) is 3. The average Bonchev–Trinajstić information content (AvgIpc) is 2.94. The molecule has 0 radical (unpaired) electrons. The molecule has 0 aliphatic carbocycles. The number of benzene rings is 4. The molecule has 0 bridgehead atoms. The number of nitrogens with two attached hydrogens (primary N) is 1. The highest BCUT2D eigenvalue weighted by Gasteiger charge is 2.27. The molecule has 2 N–H and O–H groups in total. The fourth-order valence-electron chi connectivity index (χ4n) is 4.48. The number of ether oxygens (including phenoxy) is 1. The largest absolute Gasteiger partial charge is 0.497 e. The predicted molar refractivity (Wildman–Crippen MR) is 152 cm³/mol. The van der Waals surface area contributed by atoms with E-state index in [1.807, 2.05) is 71.9 Å². The molecule has 6 rings (SSSR count). The Balaban J connectivity index is 1.34. The summed E-state index contributed by atoms with van der Waals surface area (Å²) in [4.78, 5) is 6.70. The summed E-state index contributed by atoms with van der Waals surface area (Å²) in [5.74, 6) is 0.811. The molecule has 0 amide bonds. The van der Waals surface area contributed by atoms with Crippen LogP contribution < -0.4 is 15.5 Å². The summed E-state index contributed by atoms with van der Waals surface area (Å²) in [7, 11) is 1.67. The average molecular weight is 523 g/mol. The van der Waals surface area contributed by atoms with Gasteiger partial charge in [0, 0.05) is 43.1 Å². The number of aromatic nitrogens is 1. The lowest BCUT2D eigenvalue weighted by Gasteiger charge is -2.33. The summed E-state index contributed by atoms with van der Waals surface area (Å²) in [5, 5.41) is 8.63. The number of fused-ring (bicyclic) bond motifs is 2. The van der Waals surface area contributed by atoms with Crippen molar-refractivity contribution < 1.29 is 4.74 Å². The molecule has 0 saturated heterocycles. The van der Waals surface area contributed by atoms with Crippen molar-refractivity contribution in [3.63, 3.8) is 0 Å². The molecule has 0 spiro atoms. The monoisotopic (exact) mass is 522 g/mol. The molecule has 1 aliphatic rings. The second-order valence-electron chi connectivity index (χ2n) is 8.62. The molecule has 7 heteroatoms. The molecule has 1 aromatic heterocycles. The fourth-order valence-corrected chi connectivity index (χ4v) is 5.53. The molecule has 1 atom stereocenters. The maximum Gasteiger partial charge on any atom is 0.126 e. The van der Waals surface area contributed by atoms with E-state index >= 15 is 0 Å². The lowest BCUT2D eigenvalue weighted by Crippen LogP contribution is -2.36. The summed E-state index contributed by atoms with van der Waals surface area (Å²) >= 11 is 7.82. The zero-order chi connectivity index (χ0) is 25.4. The van der Waals surface area contributed by atoms with Crippen LogP contribution >= 0.6 is 23.4 Å². The smallest absolute Gasteiger partial charge is 0.126 e. The second kappa shape index (κ2) is 9.90. The Kier molecular flexibility index (Phi) is 6.30. The summed E-state index contributed by atoms with van der Waals surface area (Å²) < 4.78 is 5.42. The van der Waals surface area contributed by atoms with Crippen molar-refractivity contribution in [3.8, 4) is 5.75 Å². The molecule has 1 unspecified atom stereocenters. The highest BCUT2D eigenvalue weighted by molar-refractivity contribution is 7.99. The molecular weight excluding hydrogens is 500 g/mol. The predicted octanol–water partition coefficient (Wildman–Crippen LogP) is 7.28. The summed E-state index contributed by atoms with van der Waals surface area (Å²) in [5.41, 5.74) is 12.5. The van der Waals surface area contributed by atoms with Gasteiger partial charge in [0.2, 0.25) is 0 Å². The highest BCUT2D eigenvalue weighted by atomic mass is 35.5. The van der Waals surface area contributed by atoms with E-state index in [1.165, 1.54) is 0 Å². The van der Waals surface area contributed by atoms with Crippen LogP contribution in [0.4, 0.5) is 5.69 Å². The first-order valence-corrected chi connectivity index (χ1v) is 13.0. The van der Waals surface area contributed by atoms with Crippen LogP contribution in [0.25, 0.3) is 10.9 Å². The third-order valence-electron chi connectivity index (χ3n) is 6.36. The number of methoxy groups -OCH3 is 1. The third kappa shape index (κ3) is 4.55. The van der Waals surface area contributed by atoms with E-state index in [-0.39, 0.29) is 0 Å². The molecule has 2 heterocycles. The summed E-state index contributed by atoms with van der Waals surface area (Å²) in [6, 6.07) is 32.1. The minimum atomic E-state index is -0.401. The van der Waals surface area contributed by atoms with Crippen molar-refractivity contribution in [3.05, 3.63) is 125 Å². The number of hydrogen-bond donors (Lipinski definition) is 1. The van der Waals surface area contributed by atoms with Crippen LogP contribution in [0.5, 0.6) is 5.75 Å². The van der Waals surface area contributed by atoms with E-state index in [0.717, 1.165) is 54.5 Å². The number of anilines is 1. The van der Waals surface area contributed by atoms with Gasteiger partial charge < -0.3 is 10.5 Å². The standard InChI is InChI=1S/C30H23ClN4OS/c1-36-22-12-15-27-26(18-22)28(16-17-33-27)37-23-13-10-21(11-14-23)35-30(32)25-5-3-2-4-24(25)29(34-35)19-6-8-20(31)9-7-19/h2-18,30H,32H2,1H3. The van der Waals surface area contributed by atoms with Crippen molar-refractivity contribution >= 4 is 45.7 Å². The molecule has 182 valence electrons. The molecule has 5 aromatic rings. The van der Waals surface area contributed by atoms with Gasteiger partial charge in [-0.25, -0.2) is 5.01 Å². The number of hydrazone groups is 1. The van der Waals surface area contributed by atoms with Gasteiger partial charge in [0.1, 0.15) is 11.9 Å². The molecule has 0 saturated carbocycles. The molecule has 5 nitrogen and oxygen atoms in total. The topological polar surface area (TPSA) is 63.7 Å². The maximum atomic E-state index is 6.71. The first-order valence-electron chi connectivity index (χ1n) is 11.8. The zero-order valence-electron chi connectivity index (χ0n) is 20.0.